The van der Waals surface area contributed by atoms with E-state index in [1.807, 2.05) is 0 Å². The molecule has 1 atom stereocenters. The highest BCUT2D eigenvalue weighted by Crippen LogP contribution is 2.08. The van der Waals surface area contributed by atoms with Crippen LogP contribution >= 0.6 is 0 Å². The minimum Gasteiger partial charge on any atom is -0.480 e. The lowest BCUT2D eigenvalue weighted by Crippen LogP contribution is -2.43. The average molecular weight is 393 g/mol. The molecule has 0 aromatic rings. The number of rotatable bonds is 17. The molecule has 6 nitrogen and oxygen atoms in total. The Kier molecular flexibility index (Phi) is 16.5. The molecule has 0 radical (unpaired) electrons. The van der Waals surface area contributed by atoms with Gasteiger partial charge in [-0.1, -0.05) is 62.6 Å². The van der Waals surface area contributed by atoms with Crippen LogP contribution in [0.25, 0.3) is 0 Å². The van der Waals surface area contributed by atoms with Crippen molar-refractivity contribution in [3.63, 3.8) is 0 Å². The van der Waals surface area contributed by atoms with E-state index in [-0.39, 0.29) is 18.7 Å². The molecule has 0 unspecified atom stereocenters. The van der Waals surface area contributed by atoms with E-state index in [1.165, 1.54) is 0 Å². The van der Waals surface area contributed by atoms with E-state index in [0.717, 1.165) is 51.4 Å². The van der Waals surface area contributed by atoms with Crippen LogP contribution in [0.1, 0.15) is 77.6 Å². The van der Waals surface area contributed by atoms with Crippen molar-refractivity contribution in [2.45, 2.75) is 83.6 Å². The molecule has 0 spiro atoms. The van der Waals surface area contributed by atoms with Gasteiger partial charge in [0.05, 0.1) is 6.42 Å². The maximum Gasteiger partial charge on any atom is 0.326 e. The highest BCUT2D eigenvalue weighted by atomic mass is 16.4. The zero-order valence-electron chi connectivity index (χ0n) is 17.1. The second-order valence-electron chi connectivity index (χ2n) is 6.73. The number of primary amides is 1. The molecule has 6 heteroatoms. The molecule has 0 saturated heterocycles. The van der Waals surface area contributed by atoms with E-state index in [4.69, 9.17) is 10.8 Å². The van der Waals surface area contributed by atoms with Crippen LogP contribution in [-0.2, 0) is 14.4 Å². The van der Waals surface area contributed by atoms with Crippen molar-refractivity contribution in [2.75, 3.05) is 0 Å². The first-order chi connectivity index (χ1) is 13.5. The van der Waals surface area contributed by atoms with Gasteiger partial charge in [0.15, 0.2) is 0 Å². The number of carbonyl (C=O) groups is 3. The summed E-state index contributed by atoms with van der Waals surface area (Å²) in [4.78, 5) is 33.5. The maximum atomic E-state index is 11.7. The molecule has 0 aromatic heterocycles. The van der Waals surface area contributed by atoms with Gasteiger partial charge < -0.3 is 16.2 Å². The first-order valence-electron chi connectivity index (χ1n) is 10.2. The molecule has 0 aliphatic rings. The summed E-state index contributed by atoms with van der Waals surface area (Å²) in [5.74, 6) is -2.35. The summed E-state index contributed by atoms with van der Waals surface area (Å²) in [6, 6.07) is -1.24. The second-order valence-corrected chi connectivity index (χ2v) is 6.73. The Morgan fingerprint density at radius 3 is 2.07 bits per heavy atom. The number of carboxylic acid groups (broad SMARTS) is 1. The fraction of sp³-hybridized carbons (Fsp3) is 0.591. The second kappa shape index (κ2) is 18.0. The number of nitrogens with two attached hydrogens (primary N) is 1. The highest BCUT2D eigenvalue weighted by Gasteiger charge is 2.21. The Bertz CT molecular complexity index is 539. The predicted molar refractivity (Wildman–Crippen MR) is 113 cm³/mol. The SMILES string of the molecule is CC/C=C\C/C=C\C/C=C\CCCCCCCC(=O)N[C@@H](CC(N)=O)C(=O)O. The van der Waals surface area contributed by atoms with Crippen LogP contribution in [0.2, 0.25) is 0 Å². The first kappa shape index (κ1) is 25.6. The largest absolute Gasteiger partial charge is 0.480 e. The number of hydrogen-bond donors (Lipinski definition) is 3. The lowest BCUT2D eigenvalue weighted by Gasteiger charge is -2.12. The molecule has 28 heavy (non-hydrogen) atoms. The van der Waals surface area contributed by atoms with Crippen LogP contribution in [0.3, 0.4) is 0 Å². The van der Waals surface area contributed by atoms with Crippen LogP contribution < -0.4 is 11.1 Å². The molecule has 0 heterocycles. The monoisotopic (exact) mass is 392 g/mol. The smallest absolute Gasteiger partial charge is 0.326 e. The van der Waals surface area contributed by atoms with Gasteiger partial charge >= 0.3 is 5.97 Å². The van der Waals surface area contributed by atoms with E-state index in [1.54, 1.807) is 0 Å². The zero-order chi connectivity index (χ0) is 21.0. The number of amides is 2. The van der Waals surface area contributed by atoms with Crippen molar-refractivity contribution in [1.29, 1.82) is 0 Å². The first-order valence-corrected chi connectivity index (χ1v) is 10.2. The summed E-state index contributed by atoms with van der Waals surface area (Å²) in [7, 11) is 0. The van der Waals surface area contributed by atoms with E-state index < -0.39 is 17.9 Å². The van der Waals surface area contributed by atoms with Gasteiger partial charge in [0, 0.05) is 6.42 Å². The molecular weight excluding hydrogens is 356 g/mol. The van der Waals surface area contributed by atoms with Crippen molar-refractivity contribution in [3.8, 4) is 0 Å². The Morgan fingerprint density at radius 1 is 0.893 bits per heavy atom. The molecule has 4 N–H and O–H groups in total. The number of allylic oxidation sites excluding steroid dienone is 6. The van der Waals surface area contributed by atoms with Gasteiger partial charge in [-0.3, -0.25) is 9.59 Å². The molecule has 0 bridgehead atoms. The van der Waals surface area contributed by atoms with Gasteiger partial charge in [0.2, 0.25) is 11.8 Å². The molecule has 0 aliphatic heterocycles. The lowest BCUT2D eigenvalue weighted by molar-refractivity contribution is -0.143. The van der Waals surface area contributed by atoms with Gasteiger partial charge in [0.1, 0.15) is 6.04 Å². The van der Waals surface area contributed by atoms with Crippen molar-refractivity contribution in [1.82, 2.24) is 5.32 Å². The van der Waals surface area contributed by atoms with Crippen LogP contribution in [0.4, 0.5) is 0 Å². The number of hydrogen-bond acceptors (Lipinski definition) is 3. The van der Waals surface area contributed by atoms with E-state index in [2.05, 4.69) is 48.7 Å². The highest BCUT2D eigenvalue weighted by molar-refractivity contribution is 5.88. The van der Waals surface area contributed by atoms with Gasteiger partial charge in [-0.25, -0.2) is 4.79 Å². The maximum absolute atomic E-state index is 11.7. The van der Waals surface area contributed by atoms with Crippen molar-refractivity contribution in [2.24, 2.45) is 5.73 Å². The minimum absolute atomic E-state index is 0.266. The fourth-order valence-corrected chi connectivity index (χ4v) is 2.57. The van der Waals surface area contributed by atoms with Crippen LogP contribution in [-0.4, -0.2) is 28.9 Å². The third-order valence-electron chi connectivity index (χ3n) is 4.09. The third-order valence-corrected chi connectivity index (χ3v) is 4.09. The van der Waals surface area contributed by atoms with E-state index in [9.17, 15) is 14.4 Å². The summed E-state index contributed by atoms with van der Waals surface area (Å²) >= 11 is 0. The molecule has 0 rings (SSSR count). The third kappa shape index (κ3) is 17.1. The Labute approximate surface area is 169 Å². The molecular formula is C22H36N2O4. The lowest BCUT2D eigenvalue weighted by atomic mass is 10.1. The van der Waals surface area contributed by atoms with Crippen LogP contribution in [0.15, 0.2) is 36.5 Å². The molecule has 0 aromatic carbocycles. The Hall–Kier alpha value is -2.37. The number of nitrogens with one attached hydrogen (secondary N) is 1. The summed E-state index contributed by atoms with van der Waals surface area (Å²) < 4.78 is 0. The van der Waals surface area contributed by atoms with Gasteiger partial charge in [-0.2, -0.15) is 0 Å². The molecule has 158 valence electrons. The minimum atomic E-state index is -1.25. The topological polar surface area (TPSA) is 109 Å². The number of carboxylic acids is 1. The summed E-state index contributed by atoms with van der Waals surface area (Å²) in [5, 5.41) is 11.3. The summed E-state index contributed by atoms with van der Waals surface area (Å²) in [6.07, 6.45) is 22.0. The summed E-state index contributed by atoms with van der Waals surface area (Å²) in [6.45, 7) is 2.13. The average Bonchev–Trinajstić information content (AvgIpc) is 2.64. The number of unbranched alkanes of at least 4 members (excludes halogenated alkanes) is 5. The summed E-state index contributed by atoms with van der Waals surface area (Å²) in [5.41, 5.74) is 4.98. The molecule has 0 aliphatic carbocycles. The van der Waals surface area contributed by atoms with Crippen LogP contribution in [0, 0.1) is 0 Å². The zero-order valence-corrected chi connectivity index (χ0v) is 17.1. The van der Waals surface area contributed by atoms with Gasteiger partial charge in [0.25, 0.3) is 0 Å². The standard InChI is InChI=1S/C22H36N2O4/c1-2-3-4-5-6-7-8-9-10-11-12-13-14-15-16-17-21(26)24-19(22(27)28)18-20(23)25/h3-4,6-7,9-10,19H,2,5,8,11-18H2,1H3,(H2,23,25)(H,24,26)(H,27,28)/b4-3-,7-6-,10-9-/t19-/m0/s1. The quantitative estimate of drug-likeness (QED) is 0.256. The van der Waals surface area contributed by atoms with Gasteiger partial charge in [-0.05, 0) is 38.5 Å². The fourth-order valence-electron chi connectivity index (χ4n) is 2.57. The number of carbonyl (C=O) groups excluding carboxylic acids is 2. The Balaban J connectivity index is 3.61. The molecule has 0 saturated carbocycles. The molecule has 0 fully saturated rings. The predicted octanol–water partition coefficient (Wildman–Crippen LogP) is 4.02. The van der Waals surface area contributed by atoms with Crippen molar-refractivity contribution >= 4 is 17.8 Å². The van der Waals surface area contributed by atoms with Crippen LogP contribution in [0.5, 0.6) is 0 Å². The van der Waals surface area contributed by atoms with Crippen molar-refractivity contribution in [3.05, 3.63) is 36.5 Å². The Morgan fingerprint density at radius 2 is 1.46 bits per heavy atom. The van der Waals surface area contributed by atoms with Crippen molar-refractivity contribution < 1.29 is 19.5 Å². The van der Waals surface area contributed by atoms with E-state index in [0.29, 0.717) is 6.42 Å². The molecule has 2 amide bonds. The normalized spacial score (nSPS) is 12.8. The van der Waals surface area contributed by atoms with Gasteiger partial charge in [-0.15, -0.1) is 0 Å². The van der Waals surface area contributed by atoms with E-state index >= 15 is 0 Å². The number of aliphatic carboxylic acids is 1.